The summed E-state index contributed by atoms with van der Waals surface area (Å²) < 4.78 is 5.21. The molecule has 3 aromatic rings. The van der Waals surface area contributed by atoms with Gasteiger partial charge in [0, 0.05) is 11.8 Å². The lowest BCUT2D eigenvalue weighted by Gasteiger charge is -2.05. The summed E-state index contributed by atoms with van der Waals surface area (Å²) in [5.74, 6) is 1.01. The number of rotatable bonds is 2. The van der Waals surface area contributed by atoms with Crippen molar-refractivity contribution in [2.45, 2.75) is 0 Å². The number of aromatic nitrogens is 2. The van der Waals surface area contributed by atoms with Gasteiger partial charge >= 0.3 is 0 Å². The Morgan fingerprint density at radius 2 is 1.85 bits per heavy atom. The minimum Gasteiger partial charge on any atom is -0.497 e. The molecule has 0 radical (unpaired) electrons. The molecule has 3 rings (SSSR count). The van der Waals surface area contributed by atoms with E-state index in [9.17, 15) is 0 Å². The van der Waals surface area contributed by atoms with E-state index in [1.54, 1.807) is 19.4 Å². The molecule has 4 heteroatoms. The van der Waals surface area contributed by atoms with Gasteiger partial charge in [0.15, 0.2) is 0 Å². The van der Waals surface area contributed by atoms with Crippen molar-refractivity contribution >= 4 is 10.8 Å². The van der Waals surface area contributed by atoms with E-state index in [-0.39, 0.29) is 5.82 Å². The van der Waals surface area contributed by atoms with Gasteiger partial charge in [-0.2, -0.15) is 5.26 Å². The third kappa shape index (κ3) is 2.17. The Bertz CT molecular complexity index is 821. The molecule has 20 heavy (non-hydrogen) atoms. The molecule has 0 unspecified atom stereocenters. The van der Waals surface area contributed by atoms with Crippen LogP contribution in [0.25, 0.3) is 22.0 Å². The summed E-state index contributed by atoms with van der Waals surface area (Å²) in [5, 5.41) is 11.0. The van der Waals surface area contributed by atoms with Crippen molar-refractivity contribution in [2.24, 2.45) is 0 Å². The molecule has 0 aliphatic carbocycles. The van der Waals surface area contributed by atoms with Gasteiger partial charge in [-0.25, -0.2) is 9.97 Å². The molecule has 1 heterocycles. The molecule has 96 valence electrons. The molecule has 0 atom stereocenters. The van der Waals surface area contributed by atoms with Crippen LogP contribution in [0, 0.1) is 11.3 Å². The highest BCUT2D eigenvalue weighted by molar-refractivity contribution is 5.87. The van der Waals surface area contributed by atoms with Crippen LogP contribution < -0.4 is 4.74 Å². The van der Waals surface area contributed by atoms with E-state index < -0.39 is 0 Å². The number of hydrogen-bond donors (Lipinski definition) is 0. The number of methoxy groups -OCH3 is 1. The van der Waals surface area contributed by atoms with Crippen LogP contribution in [0.3, 0.4) is 0 Å². The first-order valence-electron chi connectivity index (χ1n) is 6.11. The van der Waals surface area contributed by atoms with E-state index in [4.69, 9.17) is 10.00 Å². The molecular weight excluding hydrogens is 250 g/mol. The quantitative estimate of drug-likeness (QED) is 0.711. The SMILES string of the molecule is COc1ccc2cc(-c3ccnc(C#N)n3)ccc2c1. The van der Waals surface area contributed by atoms with Crippen LogP contribution >= 0.6 is 0 Å². The summed E-state index contributed by atoms with van der Waals surface area (Å²) in [5.41, 5.74) is 1.70. The molecule has 0 aliphatic rings. The van der Waals surface area contributed by atoms with Gasteiger partial charge in [-0.15, -0.1) is 0 Å². The van der Waals surface area contributed by atoms with E-state index in [0.29, 0.717) is 0 Å². The van der Waals surface area contributed by atoms with Gasteiger partial charge in [0.1, 0.15) is 11.8 Å². The fraction of sp³-hybridized carbons (Fsp3) is 0.0625. The van der Waals surface area contributed by atoms with Crippen molar-refractivity contribution in [3.63, 3.8) is 0 Å². The normalized spacial score (nSPS) is 10.2. The second-order valence-electron chi connectivity index (χ2n) is 4.31. The number of nitriles is 1. The van der Waals surface area contributed by atoms with Crippen molar-refractivity contribution in [3.05, 3.63) is 54.5 Å². The molecule has 4 nitrogen and oxygen atoms in total. The van der Waals surface area contributed by atoms with Crippen molar-refractivity contribution in [1.82, 2.24) is 9.97 Å². The van der Waals surface area contributed by atoms with Gasteiger partial charge in [-0.05, 0) is 35.0 Å². The second kappa shape index (κ2) is 4.98. The summed E-state index contributed by atoms with van der Waals surface area (Å²) in [6.45, 7) is 0. The zero-order valence-electron chi connectivity index (χ0n) is 10.9. The molecule has 0 saturated heterocycles. The first kappa shape index (κ1) is 12.1. The third-order valence-corrected chi connectivity index (χ3v) is 3.10. The third-order valence-electron chi connectivity index (χ3n) is 3.10. The summed E-state index contributed by atoms with van der Waals surface area (Å²) in [6.07, 6.45) is 1.60. The minimum atomic E-state index is 0.178. The predicted molar refractivity (Wildman–Crippen MR) is 76.2 cm³/mol. The summed E-state index contributed by atoms with van der Waals surface area (Å²) in [6, 6.07) is 15.7. The van der Waals surface area contributed by atoms with Crippen molar-refractivity contribution in [3.8, 4) is 23.1 Å². The van der Waals surface area contributed by atoms with E-state index in [1.165, 1.54) is 0 Å². The average molecular weight is 261 g/mol. The molecule has 0 spiro atoms. The fourth-order valence-corrected chi connectivity index (χ4v) is 2.08. The minimum absolute atomic E-state index is 0.178. The first-order chi connectivity index (χ1) is 9.80. The standard InChI is InChI=1S/C16H11N3O/c1-20-14-5-4-11-8-13(3-2-12(11)9-14)15-6-7-18-16(10-17)19-15/h2-9H,1H3. The molecule has 0 aliphatic heterocycles. The van der Waals surface area contributed by atoms with Crippen LogP contribution in [-0.2, 0) is 0 Å². The topological polar surface area (TPSA) is 58.8 Å². The molecule has 0 N–H and O–H groups in total. The summed E-state index contributed by atoms with van der Waals surface area (Å²) in [7, 11) is 1.65. The molecule has 2 aromatic carbocycles. The Morgan fingerprint density at radius 3 is 2.65 bits per heavy atom. The van der Waals surface area contributed by atoms with Crippen LogP contribution in [0.5, 0.6) is 5.75 Å². The fourth-order valence-electron chi connectivity index (χ4n) is 2.08. The Hall–Kier alpha value is -2.93. The van der Waals surface area contributed by atoms with Crippen LogP contribution in [0.4, 0.5) is 0 Å². The van der Waals surface area contributed by atoms with E-state index in [2.05, 4.69) is 9.97 Å². The van der Waals surface area contributed by atoms with E-state index in [0.717, 1.165) is 27.8 Å². The number of hydrogen-bond acceptors (Lipinski definition) is 4. The maximum atomic E-state index is 8.85. The molecule has 1 aromatic heterocycles. The number of fused-ring (bicyclic) bond motifs is 1. The number of benzene rings is 2. The molecule has 0 saturated carbocycles. The summed E-state index contributed by atoms with van der Waals surface area (Å²) in [4.78, 5) is 8.08. The highest BCUT2D eigenvalue weighted by Gasteiger charge is 2.04. The van der Waals surface area contributed by atoms with Gasteiger partial charge in [0.2, 0.25) is 5.82 Å². The van der Waals surface area contributed by atoms with Crippen molar-refractivity contribution < 1.29 is 4.74 Å². The van der Waals surface area contributed by atoms with Gasteiger partial charge in [0.05, 0.1) is 12.8 Å². The zero-order chi connectivity index (χ0) is 13.9. The highest BCUT2D eigenvalue weighted by Crippen LogP contribution is 2.25. The average Bonchev–Trinajstić information content (AvgIpc) is 2.54. The van der Waals surface area contributed by atoms with Gasteiger partial charge in [-0.3, -0.25) is 0 Å². The second-order valence-corrected chi connectivity index (χ2v) is 4.31. The molecule has 0 fully saturated rings. The largest absolute Gasteiger partial charge is 0.497 e. The predicted octanol–water partition coefficient (Wildman–Crippen LogP) is 3.18. The number of ether oxygens (including phenoxy) is 1. The smallest absolute Gasteiger partial charge is 0.232 e. The maximum Gasteiger partial charge on any atom is 0.232 e. The molecule has 0 bridgehead atoms. The van der Waals surface area contributed by atoms with Gasteiger partial charge < -0.3 is 4.74 Å². The highest BCUT2D eigenvalue weighted by atomic mass is 16.5. The lowest BCUT2D eigenvalue weighted by atomic mass is 10.0. The van der Waals surface area contributed by atoms with Crippen LogP contribution in [0.15, 0.2) is 48.7 Å². The molecule has 0 amide bonds. The Morgan fingerprint density at radius 1 is 1.05 bits per heavy atom. The van der Waals surface area contributed by atoms with E-state index >= 15 is 0 Å². The zero-order valence-corrected chi connectivity index (χ0v) is 10.9. The first-order valence-corrected chi connectivity index (χ1v) is 6.11. The van der Waals surface area contributed by atoms with E-state index in [1.807, 2.05) is 42.5 Å². The van der Waals surface area contributed by atoms with Gasteiger partial charge in [0.25, 0.3) is 0 Å². The van der Waals surface area contributed by atoms with Crippen molar-refractivity contribution in [2.75, 3.05) is 7.11 Å². The summed E-state index contributed by atoms with van der Waals surface area (Å²) >= 11 is 0. The van der Waals surface area contributed by atoms with Crippen molar-refractivity contribution in [1.29, 1.82) is 5.26 Å². The maximum absolute atomic E-state index is 8.85. The monoisotopic (exact) mass is 261 g/mol. The Balaban J connectivity index is 2.11. The molecular formula is C16H11N3O. The van der Waals surface area contributed by atoms with Crippen LogP contribution in [-0.4, -0.2) is 17.1 Å². The van der Waals surface area contributed by atoms with Crippen LogP contribution in [0.1, 0.15) is 5.82 Å². The lowest BCUT2D eigenvalue weighted by Crippen LogP contribution is -1.91. The van der Waals surface area contributed by atoms with Gasteiger partial charge in [-0.1, -0.05) is 18.2 Å². The lowest BCUT2D eigenvalue weighted by molar-refractivity contribution is 0.415. The Kier molecular flexibility index (Phi) is 3.02. The Labute approximate surface area is 116 Å². The van der Waals surface area contributed by atoms with Crippen LogP contribution in [0.2, 0.25) is 0 Å². The number of nitrogens with zero attached hydrogens (tertiary/aromatic N) is 3.